The van der Waals surface area contributed by atoms with Gasteiger partial charge in [-0.3, -0.25) is 9.63 Å². The van der Waals surface area contributed by atoms with Crippen LogP contribution < -0.4 is 14.8 Å². The number of ether oxygens (including phenoxy) is 2. The van der Waals surface area contributed by atoms with E-state index >= 15 is 0 Å². The van der Waals surface area contributed by atoms with Crippen molar-refractivity contribution < 1.29 is 52.4 Å². The number of hydroxylamine groups is 2. The molecule has 0 saturated carbocycles. The summed E-state index contributed by atoms with van der Waals surface area (Å²) in [6.07, 6.45) is -6.15. The summed E-state index contributed by atoms with van der Waals surface area (Å²) < 4.78 is 43.1. The highest BCUT2D eigenvalue weighted by Crippen LogP contribution is 2.35. The first kappa shape index (κ1) is 30.3. The lowest BCUT2D eigenvalue weighted by Gasteiger charge is -2.20. The number of carbonyl (C=O) groups excluding carboxylic acids is 1. The lowest BCUT2D eigenvalue weighted by atomic mass is 10.2. The molecule has 2 aromatic carbocycles. The van der Waals surface area contributed by atoms with Crippen LogP contribution in [0, 0.1) is 0 Å². The number of carboxylic acids is 1. The van der Waals surface area contributed by atoms with Gasteiger partial charge in [0.2, 0.25) is 5.91 Å². The number of aromatic hydroxyl groups is 1. The number of phenols is 1. The second-order valence-electron chi connectivity index (χ2n) is 7.59. The molecule has 0 aromatic heterocycles. The molecule has 10 nitrogen and oxygen atoms in total. The normalized spacial score (nSPS) is 16.4. The van der Waals surface area contributed by atoms with E-state index in [4.69, 9.17) is 47.4 Å². The van der Waals surface area contributed by atoms with Gasteiger partial charge in [0.15, 0.2) is 0 Å². The first-order chi connectivity index (χ1) is 17.2. The zero-order valence-electron chi connectivity index (χ0n) is 19.2. The standard InChI is InChI=1S/C20H22Cl2N2O6.C2HF3O2/c1-12(25)23-18-6-17(22)19(27)7-20(18)28-10-14(26)8-24-9-16(11-29-24)30-15-4-2-13(21)3-5-15;3-2(4,5)1(6)7/h2-7,14,16,26-27H,8-11H2,1H3,(H,23,25);(H,6,7)/t14-,16+;/m0./s1. The molecule has 0 unspecified atom stereocenters. The number of rotatable bonds is 8. The molecule has 0 radical (unpaired) electrons. The van der Waals surface area contributed by atoms with E-state index in [1.807, 2.05) is 0 Å². The van der Waals surface area contributed by atoms with Crippen molar-refractivity contribution in [1.29, 1.82) is 0 Å². The number of aliphatic hydroxyl groups excluding tert-OH is 1. The van der Waals surface area contributed by atoms with Crippen molar-refractivity contribution in [3.05, 3.63) is 46.4 Å². The largest absolute Gasteiger partial charge is 0.506 e. The van der Waals surface area contributed by atoms with Crippen LogP contribution in [0.1, 0.15) is 6.92 Å². The number of hydrogen-bond donors (Lipinski definition) is 4. The van der Waals surface area contributed by atoms with Crippen molar-refractivity contribution >= 4 is 40.8 Å². The van der Waals surface area contributed by atoms with Gasteiger partial charge in [0.05, 0.1) is 23.8 Å². The van der Waals surface area contributed by atoms with Gasteiger partial charge in [0, 0.05) is 18.0 Å². The van der Waals surface area contributed by atoms with Crippen LogP contribution in [0.2, 0.25) is 10.0 Å². The molecule has 15 heteroatoms. The van der Waals surface area contributed by atoms with Crippen molar-refractivity contribution in [3.63, 3.8) is 0 Å². The highest BCUT2D eigenvalue weighted by Gasteiger charge is 2.38. The Bertz CT molecular complexity index is 1070. The number of nitrogens with zero attached hydrogens (tertiary/aromatic N) is 1. The van der Waals surface area contributed by atoms with Gasteiger partial charge in [-0.2, -0.15) is 18.2 Å². The number of halogens is 5. The van der Waals surface area contributed by atoms with Crippen LogP contribution in [0.4, 0.5) is 18.9 Å². The molecule has 1 fully saturated rings. The van der Waals surface area contributed by atoms with Crippen LogP contribution in [-0.2, 0) is 14.4 Å². The van der Waals surface area contributed by atoms with E-state index in [1.54, 1.807) is 29.3 Å². The van der Waals surface area contributed by atoms with Crippen molar-refractivity contribution in [2.24, 2.45) is 0 Å². The van der Waals surface area contributed by atoms with Crippen molar-refractivity contribution in [3.8, 4) is 17.2 Å². The molecule has 4 N–H and O–H groups in total. The maximum absolute atomic E-state index is 11.3. The smallest absolute Gasteiger partial charge is 0.490 e. The Labute approximate surface area is 219 Å². The fourth-order valence-electron chi connectivity index (χ4n) is 2.85. The van der Waals surface area contributed by atoms with Gasteiger partial charge in [0.1, 0.15) is 42.7 Å². The summed E-state index contributed by atoms with van der Waals surface area (Å²) >= 11 is 11.7. The van der Waals surface area contributed by atoms with Gasteiger partial charge in [0.25, 0.3) is 0 Å². The van der Waals surface area contributed by atoms with E-state index in [2.05, 4.69) is 5.32 Å². The number of hydrogen-bond acceptors (Lipinski definition) is 8. The van der Waals surface area contributed by atoms with E-state index in [9.17, 15) is 28.2 Å². The number of carbonyl (C=O) groups is 2. The van der Waals surface area contributed by atoms with E-state index in [-0.39, 0.29) is 41.7 Å². The van der Waals surface area contributed by atoms with Gasteiger partial charge >= 0.3 is 12.1 Å². The molecule has 1 aliphatic heterocycles. The van der Waals surface area contributed by atoms with Gasteiger partial charge in [-0.05, 0) is 30.3 Å². The summed E-state index contributed by atoms with van der Waals surface area (Å²) in [6.45, 7) is 2.27. The van der Waals surface area contributed by atoms with Gasteiger partial charge in [-0.15, -0.1) is 0 Å². The highest BCUT2D eigenvalue weighted by atomic mass is 35.5. The Kier molecular flexibility index (Phi) is 11.1. The molecule has 1 heterocycles. The summed E-state index contributed by atoms with van der Waals surface area (Å²) in [6, 6.07) is 9.71. The lowest BCUT2D eigenvalue weighted by molar-refractivity contribution is -0.192. The zero-order chi connectivity index (χ0) is 27.8. The molecule has 0 aliphatic carbocycles. The number of aliphatic hydroxyl groups is 1. The first-order valence-electron chi connectivity index (χ1n) is 10.5. The number of amides is 1. The predicted molar refractivity (Wildman–Crippen MR) is 126 cm³/mol. The van der Waals surface area contributed by atoms with Crippen LogP contribution in [0.5, 0.6) is 17.2 Å². The quantitative estimate of drug-likeness (QED) is 0.350. The van der Waals surface area contributed by atoms with Gasteiger partial charge in [-0.25, -0.2) is 4.79 Å². The van der Waals surface area contributed by atoms with E-state index < -0.39 is 18.2 Å². The van der Waals surface area contributed by atoms with Crippen LogP contribution in [0.3, 0.4) is 0 Å². The molecule has 1 aliphatic rings. The molecule has 3 rings (SSSR count). The third-order valence-electron chi connectivity index (χ3n) is 4.41. The number of alkyl halides is 3. The van der Waals surface area contributed by atoms with E-state index in [0.29, 0.717) is 29.6 Å². The topological polar surface area (TPSA) is 138 Å². The third kappa shape index (κ3) is 10.5. The number of aliphatic carboxylic acids is 1. The second-order valence-corrected chi connectivity index (χ2v) is 8.43. The zero-order valence-corrected chi connectivity index (χ0v) is 20.7. The minimum atomic E-state index is -5.08. The van der Waals surface area contributed by atoms with E-state index in [1.165, 1.54) is 19.1 Å². The molecule has 37 heavy (non-hydrogen) atoms. The van der Waals surface area contributed by atoms with Crippen LogP contribution in [0.25, 0.3) is 0 Å². The van der Waals surface area contributed by atoms with Crippen LogP contribution >= 0.6 is 23.2 Å². The van der Waals surface area contributed by atoms with Crippen molar-refractivity contribution in [2.75, 3.05) is 31.6 Å². The van der Waals surface area contributed by atoms with Crippen molar-refractivity contribution in [2.45, 2.75) is 25.3 Å². The molecule has 0 bridgehead atoms. The fraction of sp³-hybridized carbons (Fsp3) is 0.364. The Morgan fingerprint density at radius 3 is 2.43 bits per heavy atom. The number of phenolic OH excluding ortho intramolecular Hbond substituents is 1. The van der Waals surface area contributed by atoms with Crippen LogP contribution in [0.15, 0.2) is 36.4 Å². The molecule has 204 valence electrons. The maximum atomic E-state index is 11.3. The van der Waals surface area contributed by atoms with Gasteiger partial charge < -0.3 is 30.1 Å². The minimum Gasteiger partial charge on any atom is -0.506 e. The van der Waals surface area contributed by atoms with Crippen molar-refractivity contribution in [1.82, 2.24) is 5.06 Å². The molecule has 2 atom stereocenters. The Morgan fingerprint density at radius 1 is 1.24 bits per heavy atom. The first-order valence-corrected chi connectivity index (χ1v) is 11.2. The summed E-state index contributed by atoms with van der Waals surface area (Å²) in [7, 11) is 0. The Morgan fingerprint density at radius 2 is 1.86 bits per heavy atom. The number of anilines is 1. The average Bonchev–Trinajstić information content (AvgIpc) is 3.22. The molecule has 1 amide bonds. The second kappa shape index (κ2) is 13.5. The van der Waals surface area contributed by atoms with Gasteiger partial charge in [-0.1, -0.05) is 23.2 Å². The summed E-state index contributed by atoms with van der Waals surface area (Å²) in [5.41, 5.74) is 0.298. The number of carboxylic acid groups (broad SMARTS) is 1. The third-order valence-corrected chi connectivity index (χ3v) is 4.97. The molecule has 0 spiro atoms. The summed E-state index contributed by atoms with van der Waals surface area (Å²) in [5.74, 6) is -2.39. The summed E-state index contributed by atoms with van der Waals surface area (Å²) in [5, 5.41) is 32.1. The number of β-amino-alcohol motifs (C(OH)–C–C–N with tert-alkyl or cyclic N) is 1. The van der Waals surface area contributed by atoms with E-state index in [0.717, 1.165) is 0 Å². The SMILES string of the molecule is CC(=O)Nc1cc(Cl)c(O)cc1OC[C@@H](O)CN1C[C@@H](Oc2ccc(Cl)cc2)CO1.O=C(O)C(F)(F)F. The Hall–Kier alpha value is -2.97. The minimum absolute atomic E-state index is 0.0730. The Balaban J connectivity index is 0.000000604. The van der Waals surface area contributed by atoms with Crippen LogP contribution in [-0.4, -0.2) is 76.9 Å². The molecule has 1 saturated heterocycles. The monoisotopic (exact) mass is 570 g/mol. The lowest BCUT2D eigenvalue weighted by Crippen LogP contribution is -2.34. The average molecular weight is 571 g/mol. The maximum Gasteiger partial charge on any atom is 0.490 e. The molecule has 2 aromatic rings. The fourth-order valence-corrected chi connectivity index (χ4v) is 3.14. The number of benzene rings is 2. The summed E-state index contributed by atoms with van der Waals surface area (Å²) in [4.78, 5) is 25.8. The number of nitrogens with one attached hydrogen (secondary N) is 1. The molecular formula is C22H23Cl2F3N2O8. The predicted octanol–water partition coefficient (Wildman–Crippen LogP) is 3.73. The highest BCUT2D eigenvalue weighted by molar-refractivity contribution is 6.32. The molecular weight excluding hydrogens is 548 g/mol.